The van der Waals surface area contributed by atoms with Crippen LogP contribution in [0.4, 0.5) is 0 Å². The van der Waals surface area contributed by atoms with Gasteiger partial charge in [-0.25, -0.2) is 0 Å². The fourth-order valence-corrected chi connectivity index (χ4v) is 2.26. The molecule has 3 aromatic rings. The van der Waals surface area contributed by atoms with Gasteiger partial charge >= 0.3 is 0 Å². The van der Waals surface area contributed by atoms with Crippen LogP contribution < -0.4 is 5.43 Å². The molecule has 3 heteroatoms. The van der Waals surface area contributed by atoms with Crippen molar-refractivity contribution in [3.8, 4) is 0 Å². The molecule has 1 N–H and O–H groups in total. The van der Waals surface area contributed by atoms with E-state index >= 15 is 0 Å². The lowest BCUT2D eigenvalue weighted by molar-refractivity contribution is 1.23. The number of benzene rings is 1. The average Bonchev–Trinajstić information content (AvgIpc) is 2.31. The fourth-order valence-electron chi connectivity index (χ4n) is 2.26. The lowest BCUT2D eigenvalue weighted by Crippen LogP contribution is -2.04. The Kier molecular flexibility index (Phi) is 2.01. The van der Waals surface area contributed by atoms with Crippen LogP contribution in [0.25, 0.3) is 21.8 Å². The van der Waals surface area contributed by atoms with Gasteiger partial charge in [0.2, 0.25) is 0 Å². The van der Waals surface area contributed by atoms with Gasteiger partial charge in [-0.2, -0.15) is 0 Å². The molecule has 0 amide bonds. The summed E-state index contributed by atoms with van der Waals surface area (Å²) in [7, 11) is 0. The number of hydrogen-bond acceptors (Lipinski definition) is 2. The van der Waals surface area contributed by atoms with Crippen molar-refractivity contribution in [3.05, 3.63) is 51.9 Å². The Labute approximate surface area is 98.1 Å². The minimum absolute atomic E-state index is 0.0603. The Balaban J connectivity index is 2.64. The maximum absolute atomic E-state index is 12.0. The van der Waals surface area contributed by atoms with Crippen LogP contribution in [0.2, 0.25) is 0 Å². The molecule has 0 bridgehead atoms. The van der Waals surface area contributed by atoms with E-state index in [1.165, 1.54) is 0 Å². The molecule has 0 saturated carbocycles. The third-order valence-corrected chi connectivity index (χ3v) is 3.07. The quantitative estimate of drug-likeness (QED) is 0.597. The number of rotatable bonds is 0. The first-order chi connectivity index (χ1) is 8.16. The zero-order valence-electron chi connectivity index (χ0n) is 9.74. The van der Waals surface area contributed by atoms with E-state index in [1.807, 2.05) is 32.0 Å². The number of aromatic amines is 1. The Morgan fingerprint density at radius 3 is 2.88 bits per heavy atom. The first-order valence-electron chi connectivity index (χ1n) is 5.55. The lowest BCUT2D eigenvalue weighted by Gasteiger charge is -2.07. The SMILES string of the molecule is Cc1cc(=O)c2cc3cccnc3c(C)c2[nH]1. The molecule has 0 radical (unpaired) electrons. The zero-order chi connectivity index (χ0) is 12.0. The molecule has 2 heterocycles. The van der Waals surface area contributed by atoms with Crippen molar-refractivity contribution in [1.29, 1.82) is 0 Å². The predicted octanol–water partition coefficient (Wildman–Crippen LogP) is 2.69. The van der Waals surface area contributed by atoms with E-state index in [2.05, 4.69) is 9.97 Å². The van der Waals surface area contributed by atoms with Crippen LogP contribution in [-0.2, 0) is 0 Å². The molecule has 3 nitrogen and oxygen atoms in total. The largest absolute Gasteiger partial charge is 0.358 e. The van der Waals surface area contributed by atoms with Crippen LogP contribution in [0.5, 0.6) is 0 Å². The Hall–Kier alpha value is -2.16. The molecule has 0 unspecified atom stereocenters. The summed E-state index contributed by atoms with van der Waals surface area (Å²) in [4.78, 5) is 19.6. The van der Waals surface area contributed by atoms with Gasteiger partial charge in [0, 0.05) is 28.7 Å². The Morgan fingerprint density at radius 2 is 2.06 bits per heavy atom. The summed E-state index contributed by atoms with van der Waals surface area (Å²) in [6.07, 6.45) is 1.77. The highest BCUT2D eigenvalue weighted by atomic mass is 16.1. The molecule has 1 aromatic carbocycles. The Morgan fingerprint density at radius 1 is 1.24 bits per heavy atom. The van der Waals surface area contributed by atoms with Crippen LogP contribution in [0, 0.1) is 13.8 Å². The van der Waals surface area contributed by atoms with Gasteiger partial charge in [0.25, 0.3) is 0 Å². The summed E-state index contributed by atoms with van der Waals surface area (Å²) >= 11 is 0. The molecule has 0 atom stereocenters. The van der Waals surface area contributed by atoms with E-state index in [4.69, 9.17) is 0 Å². The van der Waals surface area contributed by atoms with Crippen molar-refractivity contribution in [2.45, 2.75) is 13.8 Å². The van der Waals surface area contributed by atoms with Gasteiger partial charge in [0.1, 0.15) is 0 Å². The predicted molar refractivity (Wildman–Crippen MR) is 69.3 cm³/mol. The van der Waals surface area contributed by atoms with Crippen LogP contribution in [0.1, 0.15) is 11.3 Å². The number of H-pyrrole nitrogens is 1. The van der Waals surface area contributed by atoms with Gasteiger partial charge in [-0.15, -0.1) is 0 Å². The van der Waals surface area contributed by atoms with Gasteiger partial charge in [-0.3, -0.25) is 9.78 Å². The summed E-state index contributed by atoms with van der Waals surface area (Å²) in [6.45, 7) is 3.88. The smallest absolute Gasteiger partial charge is 0.189 e. The molecule has 0 fully saturated rings. The number of nitrogens with one attached hydrogen (secondary N) is 1. The van der Waals surface area contributed by atoms with Crippen molar-refractivity contribution < 1.29 is 0 Å². The van der Waals surface area contributed by atoms with Crippen molar-refractivity contribution in [1.82, 2.24) is 9.97 Å². The number of pyridine rings is 2. The first-order valence-corrected chi connectivity index (χ1v) is 5.55. The van der Waals surface area contributed by atoms with E-state index < -0.39 is 0 Å². The van der Waals surface area contributed by atoms with E-state index in [0.29, 0.717) is 0 Å². The second-order valence-electron chi connectivity index (χ2n) is 4.32. The third-order valence-electron chi connectivity index (χ3n) is 3.07. The van der Waals surface area contributed by atoms with Crippen LogP contribution in [0.15, 0.2) is 35.3 Å². The summed E-state index contributed by atoms with van der Waals surface area (Å²) in [5.41, 5.74) is 3.80. The third kappa shape index (κ3) is 1.43. The molecule has 0 spiro atoms. The highest BCUT2D eigenvalue weighted by molar-refractivity contribution is 5.98. The minimum atomic E-state index is 0.0603. The molecule has 2 aromatic heterocycles. The summed E-state index contributed by atoms with van der Waals surface area (Å²) < 4.78 is 0. The van der Waals surface area contributed by atoms with Gasteiger partial charge in [-0.1, -0.05) is 6.07 Å². The topological polar surface area (TPSA) is 45.8 Å². The van der Waals surface area contributed by atoms with Crippen LogP contribution in [0.3, 0.4) is 0 Å². The monoisotopic (exact) mass is 224 g/mol. The Bertz CT molecular complexity index is 787. The molecule has 3 rings (SSSR count). The highest BCUT2D eigenvalue weighted by Crippen LogP contribution is 2.23. The number of fused-ring (bicyclic) bond motifs is 2. The van der Waals surface area contributed by atoms with Crippen molar-refractivity contribution >= 4 is 21.8 Å². The van der Waals surface area contributed by atoms with Crippen LogP contribution >= 0.6 is 0 Å². The van der Waals surface area contributed by atoms with Gasteiger partial charge in [-0.05, 0) is 31.5 Å². The summed E-state index contributed by atoms with van der Waals surface area (Å²) in [6, 6.07) is 7.40. The van der Waals surface area contributed by atoms with Gasteiger partial charge < -0.3 is 4.98 Å². The maximum Gasteiger partial charge on any atom is 0.189 e. The lowest BCUT2D eigenvalue weighted by atomic mass is 10.0. The first kappa shape index (κ1) is 10.0. The van der Waals surface area contributed by atoms with Crippen LogP contribution in [-0.4, -0.2) is 9.97 Å². The summed E-state index contributed by atoms with van der Waals surface area (Å²) in [5.74, 6) is 0. The van der Waals surface area contributed by atoms with E-state index in [0.717, 1.165) is 33.1 Å². The molecular weight excluding hydrogens is 212 g/mol. The highest BCUT2D eigenvalue weighted by Gasteiger charge is 2.07. The standard InChI is InChI=1S/C14H12N2O/c1-8-6-12(17)11-7-10-4-3-5-15-13(10)9(2)14(11)16-8/h3-7H,1-2H3,(H,16,17). The molecule has 0 saturated heterocycles. The minimum Gasteiger partial charge on any atom is -0.358 e. The molecular formula is C14H12N2O. The molecule has 0 aliphatic carbocycles. The fraction of sp³-hybridized carbons (Fsp3) is 0.143. The van der Waals surface area contributed by atoms with Gasteiger partial charge in [0.15, 0.2) is 5.43 Å². The molecule has 0 aliphatic rings. The second kappa shape index (κ2) is 3.42. The van der Waals surface area contributed by atoms with E-state index in [-0.39, 0.29) is 5.43 Å². The normalized spacial score (nSPS) is 11.2. The molecule has 0 aliphatic heterocycles. The van der Waals surface area contributed by atoms with Crippen molar-refractivity contribution in [2.75, 3.05) is 0 Å². The summed E-state index contributed by atoms with van der Waals surface area (Å²) in [5, 5.41) is 1.74. The average molecular weight is 224 g/mol. The van der Waals surface area contributed by atoms with Crippen molar-refractivity contribution in [2.24, 2.45) is 0 Å². The zero-order valence-corrected chi connectivity index (χ0v) is 9.74. The van der Waals surface area contributed by atoms with Crippen molar-refractivity contribution in [3.63, 3.8) is 0 Å². The number of aryl methyl sites for hydroxylation is 2. The molecule has 17 heavy (non-hydrogen) atoms. The van der Waals surface area contributed by atoms with E-state index in [9.17, 15) is 4.79 Å². The number of aromatic nitrogens is 2. The maximum atomic E-state index is 12.0. The molecule has 84 valence electrons. The number of hydrogen-bond donors (Lipinski definition) is 1. The van der Waals surface area contributed by atoms with Gasteiger partial charge in [0.05, 0.1) is 11.0 Å². The number of nitrogens with zero attached hydrogens (tertiary/aromatic N) is 1. The second-order valence-corrected chi connectivity index (χ2v) is 4.32. The van der Waals surface area contributed by atoms with E-state index in [1.54, 1.807) is 12.3 Å².